The summed E-state index contributed by atoms with van der Waals surface area (Å²) in [7, 11) is 0. The van der Waals surface area contributed by atoms with Crippen LogP contribution in [0.5, 0.6) is 0 Å². The highest BCUT2D eigenvalue weighted by Crippen LogP contribution is 2.35. The van der Waals surface area contributed by atoms with Gasteiger partial charge in [-0.1, -0.05) is 12.1 Å². The van der Waals surface area contributed by atoms with Crippen molar-refractivity contribution < 1.29 is 18.3 Å². The van der Waals surface area contributed by atoms with Crippen LogP contribution in [0.1, 0.15) is 11.6 Å². The SMILES string of the molecule is O=C1OCC(c2cccc(F)c2F)N1c1ccc2nc[nH]c2c1. The van der Waals surface area contributed by atoms with Gasteiger partial charge < -0.3 is 9.72 Å². The molecule has 1 fully saturated rings. The number of hydrogen-bond acceptors (Lipinski definition) is 3. The Morgan fingerprint density at radius 1 is 1.26 bits per heavy atom. The highest BCUT2D eigenvalue weighted by atomic mass is 19.2. The Morgan fingerprint density at radius 2 is 2.13 bits per heavy atom. The second-order valence-corrected chi connectivity index (χ2v) is 5.21. The van der Waals surface area contributed by atoms with Crippen LogP contribution >= 0.6 is 0 Å². The topological polar surface area (TPSA) is 58.2 Å². The van der Waals surface area contributed by atoms with Crippen LogP contribution in [-0.4, -0.2) is 22.7 Å². The van der Waals surface area contributed by atoms with Crippen LogP contribution in [0.15, 0.2) is 42.7 Å². The number of cyclic esters (lactones) is 1. The molecule has 2 heterocycles. The van der Waals surface area contributed by atoms with Crippen molar-refractivity contribution >= 4 is 22.8 Å². The maximum atomic E-state index is 14.1. The minimum Gasteiger partial charge on any atom is -0.447 e. The van der Waals surface area contributed by atoms with Crippen molar-refractivity contribution in [3.05, 3.63) is 59.9 Å². The van der Waals surface area contributed by atoms with Crippen LogP contribution in [0.4, 0.5) is 19.3 Å². The number of rotatable bonds is 2. The van der Waals surface area contributed by atoms with Crippen molar-refractivity contribution in [1.29, 1.82) is 0 Å². The molecule has 3 aromatic rings. The van der Waals surface area contributed by atoms with E-state index in [9.17, 15) is 13.6 Å². The third kappa shape index (κ3) is 2.12. The van der Waals surface area contributed by atoms with Crippen molar-refractivity contribution in [1.82, 2.24) is 9.97 Å². The van der Waals surface area contributed by atoms with Crippen LogP contribution in [-0.2, 0) is 4.74 Å². The number of benzene rings is 2. The van der Waals surface area contributed by atoms with Gasteiger partial charge in [-0.15, -0.1) is 0 Å². The number of hydrogen-bond donors (Lipinski definition) is 1. The van der Waals surface area contributed by atoms with E-state index >= 15 is 0 Å². The predicted molar refractivity (Wildman–Crippen MR) is 79.0 cm³/mol. The van der Waals surface area contributed by atoms with Crippen molar-refractivity contribution in [3.8, 4) is 0 Å². The summed E-state index contributed by atoms with van der Waals surface area (Å²) in [6.07, 6.45) is 0.943. The summed E-state index contributed by atoms with van der Waals surface area (Å²) in [5, 5.41) is 0. The van der Waals surface area contributed by atoms with Crippen LogP contribution in [0, 0.1) is 11.6 Å². The van der Waals surface area contributed by atoms with Crippen LogP contribution in [0.3, 0.4) is 0 Å². The van der Waals surface area contributed by atoms with Gasteiger partial charge in [-0.25, -0.2) is 18.6 Å². The first-order chi connectivity index (χ1) is 11.1. The van der Waals surface area contributed by atoms with Crippen molar-refractivity contribution in [2.45, 2.75) is 6.04 Å². The number of nitrogens with zero attached hydrogens (tertiary/aromatic N) is 2. The first kappa shape index (κ1) is 13.7. The fourth-order valence-corrected chi connectivity index (χ4v) is 2.79. The lowest BCUT2D eigenvalue weighted by atomic mass is 10.1. The van der Waals surface area contributed by atoms with Gasteiger partial charge in [0.1, 0.15) is 12.6 Å². The normalized spacial score (nSPS) is 17.7. The van der Waals surface area contributed by atoms with Gasteiger partial charge >= 0.3 is 6.09 Å². The Labute approximate surface area is 129 Å². The summed E-state index contributed by atoms with van der Waals surface area (Å²) in [5.74, 6) is -1.92. The molecule has 7 heteroatoms. The van der Waals surface area contributed by atoms with Crippen LogP contribution in [0.2, 0.25) is 0 Å². The molecule has 0 spiro atoms. The van der Waals surface area contributed by atoms with Gasteiger partial charge in [-0.3, -0.25) is 4.90 Å². The second-order valence-electron chi connectivity index (χ2n) is 5.21. The first-order valence-corrected chi connectivity index (χ1v) is 6.98. The summed E-state index contributed by atoms with van der Waals surface area (Å²) >= 11 is 0. The Morgan fingerprint density at radius 3 is 3.00 bits per heavy atom. The van der Waals surface area contributed by atoms with E-state index < -0.39 is 23.8 Å². The minimum atomic E-state index is -0.969. The summed E-state index contributed by atoms with van der Waals surface area (Å²) in [4.78, 5) is 20.5. The largest absolute Gasteiger partial charge is 0.447 e. The Hall–Kier alpha value is -2.96. The van der Waals surface area contributed by atoms with Gasteiger partial charge in [0.05, 0.1) is 23.0 Å². The Kier molecular flexibility index (Phi) is 3.00. The van der Waals surface area contributed by atoms with Gasteiger partial charge in [-0.05, 0) is 24.3 Å². The van der Waals surface area contributed by atoms with Gasteiger partial charge in [0.2, 0.25) is 0 Å². The molecule has 1 amide bonds. The molecule has 5 nitrogen and oxygen atoms in total. The number of nitrogens with one attached hydrogen (secondary N) is 1. The number of ether oxygens (including phenoxy) is 1. The molecule has 116 valence electrons. The van der Waals surface area contributed by atoms with Crippen molar-refractivity contribution in [2.75, 3.05) is 11.5 Å². The van der Waals surface area contributed by atoms with Crippen LogP contribution < -0.4 is 4.90 Å². The smallest absolute Gasteiger partial charge is 0.415 e. The van der Waals surface area contributed by atoms with E-state index in [4.69, 9.17) is 4.74 Å². The number of imidazole rings is 1. The van der Waals surface area contributed by atoms with E-state index in [1.54, 1.807) is 24.5 Å². The lowest BCUT2D eigenvalue weighted by Gasteiger charge is -2.22. The molecule has 0 radical (unpaired) electrons. The molecule has 0 aliphatic carbocycles. The van der Waals surface area contributed by atoms with E-state index in [1.165, 1.54) is 17.0 Å². The summed E-state index contributed by atoms with van der Waals surface area (Å²) in [6, 6.07) is 8.33. The molecular weight excluding hydrogens is 304 g/mol. The van der Waals surface area contributed by atoms with E-state index in [2.05, 4.69) is 9.97 Å². The standard InChI is InChI=1S/C16H11F2N3O2/c17-11-3-1-2-10(15(11)18)14-7-23-16(22)21(14)9-4-5-12-13(6-9)20-8-19-12/h1-6,8,14H,7H2,(H,19,20). The van der Waals surface area contributed by atoms with E-state index in [0.29, 0.717) is 5.69 Å². The van der Waals surface area contributed by atoms with Gasteiger partial charge in [-0.2, -0.15) is 0 Å². The lowest BCUT2D eigenvalue weighted by Crippen LogP contribution is -2.28. The quantitative estimate of drug-likeness (QED) is 0.787. The number of fused-ring (bicyclic) bond motifs is 1. The number of H-pyrrole nitrogens is 1. The number of aromatic amines is 1. The van der Waals surface area contributed by atoms with E-state index in [-0.39, 0.29) is 12.2 Å². The molecular formula is C16H11F2N3O2. The van der Waals surface area contributed by atoms with Gasteiger partial charge in [0, 0.05) is 5.56 Å². The lowest BCUT2D eigenvalue weighted by molar-refractivity contribution is 0.178. The van der Waals surface area contributed by atoms with E-state index in [0.717, 1.165) is 17.1 Å². The summed E-state index contributed by atoms with van der Waals surface area (Å²) in [6.45, 7) is -0.0414. The molecule has 23 heavy (non-hydrogen) atoms. The Bertz CT molecular complexity index is 909. The first-order valence-electron chi connectivity index (χ1n) is 6.98. The number of anilines is 1. The molecule has 1 saturated heterocycles. The zero-order valence-electron chi connectivity index (χ0n) is 11.8. The molecule has 1 unspecified atom stereocenters. The number of halogens is 2. The number of aromatic nitrogens is 2. The van der Waals surface area contributed by atoms with Gasteiger partial charge in [0.25, 0.3) is 0 Å². The predicted octanol–water partition coefficient (Wildman–Crippen LogP) is 3.54. The molecule has 1 aromatic heterocycles. The molecule has 1 N–H and O–H groups in total. The maximum Gasteiger partial charge on any atom is 0.415 e. The number of carbonyl (C=O) groups excluding carboxylic acids is 1. The maximum absolute atomic E-state index is 14.1. The van der Waals surface area contributed by atoms with E-state index in [1.807, 2.05) is 0 Å². The van der Waals surface area contributed by atoms with Gasteiger partial charge in [0.15, 0.2) is 11.6 Å². The third-order valence-corrected chi connectivity index (χ3v) is 3.90. The monoisotopic (exact) mass is 315 g/mol. The molecule has 0 saturated carbocycles. The molecule has 1 atom stereocenters. The van der Waals surface area contributed by atoms with Crippen molar-refractivity contribution in [2.24, 2.45) is 0 Å². The summed E-state index contributed by atoms with van der Waals surface area (Å²) in [5.41, 5.74) is 2.09. The average Bonchev–Trinajstić information content (AvgIpc) is 3.15. The van der Waals surface area contributed by atoms with Crippen LogP contribution in [0.25, 0.3) is 11.0 Å². The zero-order valence-corrected chi connectivity index (χ0v) is 11.8. The zero-order chi connectivity index (χ0) is 16.0. The number of amides is 1. The fraction of sp³-hybridized carbons (Fsp3) is 0.125. The Balaban J connectivity index is 1.81. The highest BCUT2D eigenvalue weighted by Gasteiger charge is 2.37. The highest BCUT2D eigenvalue weighted by molar-refractivity contribution is 5.93. The molecule has 1 aliphatic heterocycles. The number of carbonyl (C=O) groups is 1. The molecule has 0 bridgehead atoms. The molecule has 2 aromatic carbocycles. The average molecular weight is 315 g/mol. The summed E-state index contributed by atoms with van der Waals surface area (Å²) < 4.78 is 32.6. The minimum absolute atomic E-state index is 0.0414. The second kappa shape index (κ2) is 5.05. The third-order valence-electron chi connectivity index (χ3n) is 3.90. The fourth-order valence-electron chi connectivity index (χ4n) is 2.79. The van der Waals surface area contributed by atoms with Crippen molar-refractivity contribution in [3.63, 3.8) is 0 Å². The molecule has 1 aliphatic rings. The molecule has 4 rings (SSSR count).